The molecule has 0 amide bonds. The molecule has 4 heteroatoms. The van der Waals surface area contributed by atoms with E-state index in [9.17, 15) is 0 Å². The number of nitrogens with zero attached hydrogens (tertiary/aromatic N) is 2. The highest BCUT2D eigenvalue weighted by atomic mass is 16.5. The van der Waals surface area contributed by atoms with Gasteiger partial charge in [0.2, 0.25) is 0 Å². The van der Waals surface area contributed by atoms with E-state index >= 15 is 0 Å². The van der Waals surface area contributed by atoms with E-state index in [0.717, 1.165) is 79.1 Å². The second kappa shape index (κ2) is 16.2. The van der Waals surface area contributed by atoms with Crippen molar-refractivity contribution in [3.8, 4) is 62.1 Å². The smallest absolute Gasteiger partial charge is 0.132 e. The van der Waals surface area contributed by atoms with E-state index in [1.165, 1.54) is 66.3 Å². The Balaban J connectivity index is 0.934. The largest absolute Gasteiger partial charge is 0.457 e. The minimum absolute atomic E-state index is 0.644. The second-order valence-corrected chi connectivity index (χ2v) is 21.0. The summed E-state index contributed by atoms with van der Waals surface area (Å²) < 4.78 is 16.0. The fourth-order valence-electron chi connectivity index (χ4n) is 14.4. The van der Waals surface area contributed by atoms with Gasteiger partial charge in [0.1, 0.15) is 23.0 Å². The van der Waals surface area contributed by atoms with E-state index in [-0.39, 0.29) is 0 Å². The molecule has 2 aliphatic heterocycles. The van der Waals surface area contributed by atoms with E-state index in [0.29, 0.717) is 0 Å². The lowest BCUT2D eigenvalue weighted by Gasteiger charge is -2.40. The molecule has 1 aromatic heterocycles. The fourth-order valence-corrected chi connectivity index (χ4v) is 14.4. The summed E-state index contributed by atoms with van der Waals surface area (Å²) in [6.45, 7) is 0. The molecule has 2 aliphatic carbocycles. The molecule has 0 atom stereocenters. The van der Waals surface area contributed by atoms with Gasteiger partial charge in [0, 0.05) is 55.5 Å². The Labute approximate surface area is 451 Å². The van der Waals surface area contributed by atoms with E-state index in [4.69, 9.17) is 9.47 Å². The Morgan fingerprint density at radius 1 is 0.295 bits per heavy atom. The number of hydrogen-bond donors (Lipinski definition) is 0. The summed E-state index contributed by atoms with van der Waals surface area (Å²) in [7, 11) is 0. The van der Waals surface area contributed by atoms with Gasteiger partial charge in [-0.25, -0.2) is 0 Å². The number of benzene rings is 12. The molecule has 0 fully saturated rings. The maximum atomic E-state index is 6.79. The number of rotatable bonds is 5. The van der Waals surface area contributed by atoms with Crippen molar-refractivity contribution in [3.63, 3.8) is 0 Å². The van der Waals surface area contributed by atoms with Crippen LogP contribution in [0.3, 0.4) is 0 Å². The third-order valence-electron chi connectivity index (χ3n) is 17.3. The SMILES string of the molecule is c1ccc(-n2c3ccccc3c3ccc(-c4ccc(N(c5cccc6c5-c5ccccc5C65c6ccccc6Oc6ccccc65)c5cccc6c5-c5ccccc5C65c6ccccc6Oc6ccccc65)cc4)cc32)cc1. The Morgan fingerprint density at radius 2 is 0.705 bits per heavy atom. The van der Waals surface area contributed by atoms with Gasteiger partial charge in [0.05, 0.1) is 33.2 Å². The Morgan fingerprint density at radius 3 is 1.23 bits per heavy atom. The van der Waals surface area contributed by atoms with Crippen LogP contribution in [-0.4, -0.2) is 4.57 Å². The third kappa shape index (κ3) is 5.62. The zero-order valence-electron chi connectivity index (χ0n) is 42.3. The lowest BCUT2D eigenvalue weighted by Crippen LogP contribution is -2.32. The van der Waals surface area contributed by atoms with E-state index in [1.807, 2.05) is 0 Å². The maximum Gasteiger partial charge on any atom is 0.132 e. The lowest BCUT2D eigenvalue weighted by molar-refractivity contribution is 0.436. The molecule has 0 unspecified atom stereocenters. The van der Waals surface area contributed by atoms with Gasteiger partial charge in [0.25, 0.3) is 0 Å². The van der Waals surface area contributed by atoms with Crippen LogP contribution in [0.15, 0.2) is 279 Å². The normalized spacial score (nSPS) is 14.1. The van der Waals surface area contributed by atoms with Crippen LogP contribution in [0.4, 0.5) is 17.1 Å². The molecule has 4 nitrogen and oxygen atoms in total. The summed E-state index contributed by atoms with van der Waals surface area (Å²) in [6.07, 6.45) is 0. The first kappa shape index (κ1) is 43.1. The van der Waals surface area contributed by atoms with Crippen LogP contribution in [0.25, 0.3) is 60.9 Å². The van der Waals surface area contributed by atoms with Crippen molar-refractivity contribution in [2.75, 3.05) is 4.90 Å². The molecule has 0 N–H and O–H groups in total. The number of hydrogen-bond acceptors (Lipinski definition) is 3. The van der Waals surface area contributed by atoms with Crippen LogP contribution in [0.5, 0.6) is 23.0 Å². The average molecular weight is 995 g/mol. The van der Waals surface area contributed by atoms with Gasteiger partial charge in [-0.3, -0.25) is 0 Å². The highest BCUT2D eigenvalue weighted by Crippen LogP contribution is 2.67. The monoisotopic (exact) mass is 994 g/mol. The van der Waals surface area contributed by atoms with Gasteiger partial charge in [-0.2, -0.15) is 0 Å². The van der Waals surface area contributed by atoms with Crippen LogP contribution >= 0.6 is 0 Å². The number of anilines is 3. The van der Waals surface area contributed by atoms with Crippen molar-refractivity contribution < 1.29 is 9.47 Å². The Hall–Kier alpha value is -10.2. The highest BCUT2D eigenvalue weighted by Gasteiger charge is 2.54. The third-order valence-corrected chi connectivity index (χ3v) is 17.3. The van der Waals surface area contributed by atoms with Gasteiger partial charge >= 0.3 is 0 Å². The zero-order valence-corrected chi connectivity index (χ0v) is 42.3. The minimum Gasteiger partial charge on any atom is -0.457 e. The van der Waals surface area contributed by atoms with Gasteiger partial charge in [0.15, 0.2) is 0 Å². The maximum absolute atomic E-state index is 6.79. The van der Waals surface area contributed by atoms with Crippen LogP contribution in [0.1, 0.15) is 44.5 Å². The van der Waals surface area contributed by atoms with Crippen molar-refractivity contribution in [2.24, 2.45) is 0 Å². The fraction of sp³-hybridized carbons (Fsp3) is 0.0270. The van der Waals surface area contributed by atoms with E-state index in [2.05, 4.69) is 289 Å². The average Bonchev–Trinajstić information content (AvgIpc) is 4.29. The van der Waals surface area contributed by atoms with Gasteiger partial charge < -0.3 is 18.9 Å². The van der Waals surface area contributed by atoms with Crippen LogP contribution in [-0.2, 0) is 10.8 Å². The molecule has 3 heterocycles. The predicted molar refractivity (Wildman–Crippen MR) is 316 cm³/mol. The molecule has 12 aromatic carbocycles. The molecule has 17 rings (SSSR count). The van der Waals surface area contributed by atoms with Crippen LogP contribution in [0.2, 0.25) is 0 Å². The van der Waals surface area contributed by atoms with Gasteiger partial charge in [-0.05, 0) is 117 Å². The van der Waals surface area contributed by atoms with E-state index < -0.39 is 10.8 Å². The summed E-state index contributed by atoms with van der Waals surface area (Å²) in [5, 5.41) is 2.48. The molecular formula is C74H46N2O2. The second-order valence-electron chi connectivity index (χ2n) is 21.0. The summed E-state index contributed by atoms with van der Waals surface area (Å²) in [5.41, 5.74) is 22.1. The molecule has 0 saturated heterocycles. The van der Waals surface area contributed by atoms with Crippen LogP contribution in [0, 0.1) is 0 Å². The first-order chi connectivity index (χ1) is 38.7. The lowest BCUT2D eigenvalue weighted by atomic mass is 9.66. The van der Waals surface area contributed by atoms with Crippen molar-refractivity contribution in [1.29, 1.82) is 0 Å². The van der Waals surface area contributed by atoms with Gasteiger partial charge in [-0.1, -0.05) is 206 Å². The number of para-hydroxylation sites is 6. The summed E-state index contributed by atoms with van der Waals surface area (Å²) in [4.78, 5) is 2.55. The molecule has 78 heavy (non-hydrogen) atoms. The van der Waals surface area contributed by atoms with Crippen molar-refractivity contribution in [2.45, 2.75) is 10.8 Å². The van der Waals surface area contributed by atoms with Crippen molar-refractivity contribution >= 4 is 38.9 Å². The van der Waals surface area contributed by atoms with Crippen LogP contribution < -0.4 is 14.4 Å². The number of fused-ring (bicyclic) bond motifs is 21. The van der Waals surface area contributed by atoms with Crippen molar-refractivity contribution in [3.05, 3.63) is 324 Å². The Kier molecular flexibility index (Phi) is 8.94. The quantitative estimate of drug-likeness (QED) is 0.172. The molecule has 0 saturated carbocycles. The summed E-state index contributed by atoms with van der Waals surface area (Å²) >= 11 is 0. The summed E-state index contributed by atoms with van der Waals surface area (Å²) in [5.74, 6) is 3.50. The molecule has 0 bridgehead atoms. The molecular weight excluding hydrogens is 949 g/mol. The minimum atomic E-state index is -0.644. The van der Waals surface area contributed by atoms with Crippen molar-refractivity contribution in [1.82, 2.24) is 4.57 Å². The molecule has 364 valence electrons. The Bertz CT molecular complexity index is 4360. The molecule has 13 aromatic rings. The molecule has 2 spiro atoms. The molecule has 0 radical (unpaired) electrons. The topological polar surface area (TPSA) is 26.6 Å². The van der Waals surface area contributed by atoms with E-state index in [1.54, 1.807) is 0 Å². The standard InChI is InChI=1S/C74H46N2O2/c1-2-20-49(21-3-1)75-63-33-13-6-22-51(63)52-45-42-48(46-66(52)75)47-40-43-50(44-41-47)76(64-34-18-31-61-71(64)53-23-4-7-25-55(53)73(61)57-27-9-14-36-67(57)77-68-37-15-10-28-58(68)73)65-35-19-32-62-72(65)54-24-5-8-26-56(54)74(62)59-29-11-16-38-69(59)78-70-39-17-12-30-60(70)74/h1-46H. The summed E-state index contributed by atoms with van der Waals surface area (Å²) in [6, 6.07) is 102. The number of ether oxygens (including phenoxy) is 2. The highest BCUT2D eigenvalue weighted by molar-refractivity contribution is 6.10. The first-order valence-electron chi connectivity index (χ1n) is 26.9. The number of aromatic nitrogens is 1. The van der Waals surface area contributed by atoms with Gasteiger partial charge in [-0.15, -0.1) is 0 Å². The predicted octanol–water partition coefficient (Wildman–Crippen LogP) is 18.9. The zero-order chi connectivity index (χ0) is 51.1. The molecule has 4 aliphatic rings. The first-order valence-corrected chi connectivity index (χ1v) is 26.9.